The topological polar surface area (TPSA) is 78.8 Å². The van der Waals surface area contributed by atoms with Crippen molar-refractivity contribution in [3.63, 3.8) is 0 Å². The Hall–Kier alpha value is -1.60. The van der Waals surface area contributed by atoms with Gasteiger partial charge in [-0.25, -0.2) is 0 Å². The van der Waals surface area contributed by atoms with Crippen molar-refractivity contribution in [2.45, 2.75) is 6.92 Å². The van der Waals surface area contributed by atoms with Gasteiger partial charge in [0.25, 0.3) is 5.91 Å². The van der Waals surface area contributed by atoms with Crippen LogP contribution < -0.4 is 5.32 Å². The molecule has 0 saturated heterocycles. The van der Waals surface area contributed by atoms with E-state index in [0.29, 0.717) is 9.38 Å². The van der Waals surface area contributed by atoms with Crippen LogP contribution in [-0.4, -0.2) is 22.1 Å². The number of amidine groups is 1. The maximum Gasteiger partial charge on any atom is 0.286 e. The molecule has 1 aliphatic rings. The molecule has 0 spiro atoms. The third kappa shape index (κ3) is 3.45. The van der Waals surface area contributed by atoms with Crippen molar-refractivity contribution in [3.05, 3.63) is 33.1 Å². The Morgan fingerprint density at radius 3 is 2.89 bits per heavy atom. The fourth-order valence-electron chi connectivity index (χ4n) is 1.38. The number of phenols is 1. The summed E-state index contributed by atoms with van der Waals surface area (Å²) < 4.78 is 0.542. The molecule has 0 bridgehead atoms. The zero-order chi connectivity index (χ0) is 14.0. The minimum Gasteiger partial charge on any atom is -0.507 e. The van der Waals surface area contributed by atoms with Gasteiger partial charge in [0, 0.05) is 6.92 Å². The highest BCUT2D eigenvalue weighted by Crippen LogP contribution is 2.30. The van der Waals surface area contributed by atoms with Crippen LogP contribution in [-0.2, 0) is 9.59 Å². The molecule has 0 saturated carbocycles. The molecule has 2 N–H and O–H groups in total. The Morgan fingerprint density at radius 1 is 1.53 bits per heavy atom. The normalized spacial score (nSPS) is 16.6. The number of halogens is 1. The molecule has 7 heteroatoms. The Labute approximate surface area is 121 Å². The fourth-order valence-corrected chi connectivity index (χ4v) is 2.63. The van der Waals surface area contributed by atoms with Gasteiger partial charge in [0.1, 0.15) is 5.75 Å². The Balaban J connectivity index is 2.20. The summed E-state index contributed by atoms with van der Waals surface area (Å²) >= 11 is 4.30. The minimum absolute atomic E-state index is 0.128. The minimum atomic E-state index is -0.391. The van der Waals surface area contributed by atoms with Crippen LogP contribution in [0.25, 0.3) is 6.08 Å². The van der Waals surface area contributed by atoms with E-state index in [9.17, 15) is 14.7 Å². The molecular formula is C12H9BrN2O3S. The van der Waals surface area contributed by atoms with Crippen LogP contribution in [0.1, 0.15) is 12.5 Å². The molecule has 19 heavy (non-hydrogen) atoms. The number of hydrogen-bond donors (Lipinski definition) is 2. The summed E-state index contributed by atoms with van der Waals surface area (Å²) in [6, 6.07) is 4.89. The second-order valence-electron chi connectivity index (χ2n) is 3.72. The van der Waals surface area contributed by atoms with Crippen molar-refractivity contribution < 1.29 is 14.7 Å². The van der Waals surface area contributed by atoms with E-state index < -0.39 is 5.91 Å². The first-order chi connectivity index (χ1) is 8.95. The Kier molecular flexibility index (Phi) is 4.06. The summed E-state index contributed by atoms with van der Waals surface area (Å²) in [5.74, 6) is -0.534. The SMILES string of the molecule is CC(=O)NC1=NC(=O)/C(=C/c2ccc(O)c(Br)c2)S1. The van der Waals surface area contributed by atoms with E-state index >= 15 is 0 Å². The van der Waals surface area contributed by atoms with E-state index in [1.54, 1.807) is 18.2 Å². The van der Waals surface area contributed by atoms with Gasteiger partial charge < -0.3 is 10.4 Å². The van der Waals surface area contributed by atoms with Gasteiger partial charge in [0.05, 0.1) is 9.38 Å². The maximum absolute atomic E-state index is 11.6. The first kappa shape index (κ1) is 13.8. The Bertz CT molecular complexity index is 625. The molecule has 0 aliphatic carbocycles. The zero-order valence-electron chi connectivity index (χ0n) is 9.81. The van der Waals surface area contributed by atoms with Crippen LogP contribution in [0.4, 0.5) is 0 Å². The van der Waals surface area contributed by atoms with Gasteiger partial charge in [-0.1, -0.05) is 6.07 Å². The van der Waals surface area contributed by atoms with Crippen LogP contribution in [0, 0.1) is 0 Å². The molecule has 0 fully saturated rings. The quantitative estimate of drug-likeness (QED) is 0.768. The summed E-state index contributed by atoms with van der Waals surface area (Å²) in [6.45, 7) is 1.35. The fraction of sp³-hybridized carbons (Fsp3) is 0.0833. The number of aromatic hydroxyl groups is 1. The molecule has 1 aromatic carbocycles. The molecule has 98 valence electrons. The van der Waals surface area contributed by atoms with E-state index in [1.807, 2.05) is 0 Å². The number of amides is 2. The smallest absolute Gasteiger partial charge is 0.286 e. The number of phenolic OH excluding ortho intramolecular Hbond substituents is 1. The molecule has 0 aromatic heterocycles. The summed E-state index contributed by atoms with van der Waals surface area (Å²) in [5, 5.41) is 12.1. The van der Waals surface area contributed by atoms with Crippen molar-refractivity contribution in [1.29, 1.82) is 0 Å². The predicted octanol–water partition coefficient (Wildman–Crippen LogP) is 2.26. The van der Waals surface area contributed by atoms with Crippen molar-refractivity contribution >= 4 is 50.7 Å². The number of aliphatic imine (C=N–C) groups is 1. The first-order valence-corrected chi connectivity index (χ1v) is 6.85. The number of benzene rings is 1. The summed E-state index contributed by atoms with van der Waals surface area (Å²) in [4.78, 5) is 26.7. The van der Waals surface area contributed by atoms with E-state index in [0.717, 1.165) is 17.3 Å². The second kappa shape index (κ2) is 5.58. The van der Waals surface area contributed by atoms with Gasteiger partial charge >= 0.3 is 0 Å². The highest BCUT2D eigenvalue weighted by molar-refractivity contribution is 9.10. The average molecular weight is 341 g/mol. The van der Waals surface area contributed by atoms with Crippen molar-refractivity contribution in [2.75, 3.05) is 0 Å². The van der Waals surface area contributed by atoms with E-state index in [2.05, 4.69) is 26.2 Å². The van der Waals surface area contributed by atoms with E-state index in [-0.39, 0.29) is 16.8 Å². The molecule has 0 unspecified atom stereocenters. The van der Waals surface area contributed by atoms with Crippen molar-refractivity contribution in [3.8, 4) is 5.75 Å². The molecule has 1 heterocycles. The number of carbonyl (C=O) groups is 2. The van der Waals surface area contributed by atoms with E-state index in [1.165, 1.54) is 13.0 Å². The highest BCUT2D eigenvalue weighted by Gasteiger charge is 2.22. The lowest BCUT2D eigenvalue weighted by atomic mass is 10.2. The Morgan fingerprint density at radius 2 is 2.26 bits per heavy atom. The molecule has 2 amide bonds. The largest absolute Gasteiger partial charge is 0.507 e. The van der Waals surface area contributed by atoms with Crippen LogP contribution in [0.2, 0.25) is 0 Å². The van der Waals surface area contributed by atoms with Crippen molar-refractivity contribution in [2.24, 2.45) is 4.99 Å². The van der Waals surface area contributed by atoms with Crippen molar-refractivity contribution in [1.82, 2.24) is 5.32 Å². The number of rotatable bonds is 1. The van der Waals surface area contributed by atoms with Gasteiger partial charge in [0.15, 0.2) is 5.17 Å². The van der Waals surface area contributed by atoms with Gasteiger partial charge in [-0.15, -0.1) is 0 Å². The molecule has 1 aromatic rings. The molecule has 5 nitrogen and oxygen atoms in total. The van der Waals surface area contributed by atoms with Crippen LogP contribution in [0.3, 0.4) is 0 Å². The zero-order valence-corrected chi connectivity index (χ0v) is 12.2. The summed E-state index contributed by atoms with van der Waals surface area (Å²) in [5.41, 5.74) is 0.750. The van der Waals surface area contributed by atoms with Gasteiger partial charge in [0.2, 0.25) is 5.91 Å². The van der Waals surface area contributed by atoms with Crippen LogP contribution >= 0.6 is 27.7 Å². The molecule has 2 rings (SSSR count). The average Bonchev–Trinajstić information content (AvgIpc) is 2.63. The number of nitrogens with one attached hydrogen (secondary N) is 1. The number of hydrogen-bond acceptors (Lipinski definition) is 4. The van der Waals surface area contributed by atoms with Crippen LogP contribution in [0.15, 0.2) is 32.6 Å². The number of carbonyl (C=O) groups excluding carboxylic acids is 2. The lowest BCUT2D eigenvalue weighted by Gasteiger charge is -2.00. The third-order valence-electron chi connectivity index (χ3n) is 2.17. The second-order valence-corrected chi connectivity index (χ2v) is 5.61. The lowest BCUT2D eigenvalue weighted by Crippen LogP contribution is -2.23. The third-order valence-corrected chi connectivity index (χ3v) is 3.71. The maximum atomic E-state index is 11.6. The molecule has 1 aliphatic heterocycles. The van der Waals surface area contributed by atoms with Crippen LogP contribution in [0.5, 0.6) is 5.75 Å². The lowest BCUT2D eigenvalue weighted by molar-refractivity contribution is -0.117. The van der Waals surface area contributed by atoms with Gasteiger partial charge in [-0.3, -0.25) is 9.59 Å². The number of nitrogens with zero attached hydrogens (tertiary/aromatic N) is 1. The highest BCUT2D eigenvalue weighted by atomic mass is 79.9. The summed E-state index contributed by atoms with van der Waals surface area (Å²) in [6.07, 6.45) is 1.65. The van der Waals surface area contributed by atoms with E-state index in [4.69, 9.17) is 0 Å². The van der Waals surface area contributed by atoms with Gasteiger partial charge in [-0.05, 0) is 51.5 Å². The molecule has 0 radical (unpaired) electrons. The molecular weight excluding hydrogens is 332 g/mol. The van der Waals surface area contributed by atoms with Gasteiger partial charge in [-0.2, -0.15) is 4.99 Å². The molecule has 0 atom stereocenters. The monoisotopic (exact) mass is 340 g/mol. The predicted molar refractivity (Wildman–Crippen MR) is 77.6 cm³/mol. The summed E-state index contributed by atoms with van der Waals surface area (Å²) in [7, 11) is 0. The first-order valence-electron chi connectivity index (χ1n) is 5.24. The number of thioether (sulfide) groups is 1. The standard InChI is InChI=1S/C12H9BrN2O3S/c1-6(16)14-12-15-11(18)10(19-12)5-7-2-3-9(17)8(13)4-7/h2-5,17H,1H3,(H,14,15,16,18)/b10-5-.